The van der Waals surface area contributed by atoms with E-state index in [2.05, 4.69) is 39.8 Å². The summed E-state index contributed by atoms with van der Waals surface area (Å²) in [5.41, 5.74) is 0.0380. The van der Waals surface area contributed by atoms with Gasteiger partial charge in [0, 0.05) is 12.1 Å². The van der Waals surface area contributed by atoms with Gasteiger partial charge in [-0.15, -0.1) is 0 Å². The molecule has 0 amide bonds. The van der Waals surface area contributed by atoms with Crippen molar-refractivity contribution in [2.75, 3.05) is 6.54 Å². The minimum atomic E-state index is 0.0380. The lowest BCUT2D eigenvalue weighted by molar-refractivity contribution is 0.445. The molecule has 0 unspecified atom stereocenters. The van der Waals surface area contributed by atoms with Crippen molar-refractivity contribution < 1.29 is 0 Å². The molecule has 0 fully saturated rings. The Bertz CT molecular complexity index is 206. The quantitative estimate of drug-likeness (QED) is 0.292. The van der Waals surface area contributed by atoms with Crippen LogP contribution in [0.5, 0.6) is 0 Å². The van der Waals surface area contributed by atoms with E-state index in [4.69, 9.17) is 5.32 Å². The first-order chi connectivity index (χ1) is 9.12. The Balaban J connectivity index is 3.37. The van der Waals surface area contributed by atoms with E-state index < -0.39 is 0 Å². The largest absolute Gasteiger partial charge is 0.232 e. The summed E-state index contributed by atoms with van der Waals surface area (Å²) in [6.07, 6.45) is 18.0. The summed E-state index contributed by atoms with van der Waals surface area (Å²) < 4.78 is 0. The Labute approximate surface area is 122 Å². The molecule has 1 radical (unpaired) electrons. The van der Waals surface area contributed by atoms with Crippen LogP contribution in [0.1, 0.15) is 91.9 Å². The van der Waals surface area contributed by atoms with E-state index >= 15 is 0 Å². The van der Waals surface area contributed by atoms with Crippen molar-refractivity contribution in [2.24, 2.45) is 0 Å². The number of nitrogens with zero attached hydrogens (tertiary/aromatic N) is 1. The summed E-state index contributed by atoms with van der Waals surface area (Å²) in [6, 6.07) is 0. The van der Waals surface area contributed by atoms with Crippen LogP contribution in [0.4, 0.5) is 0 Å². The monoisotopic (exact) mass is 266 g/mol. The molecule has 0 atom stereocenters. The van der Waals surface area contributed by atoms with Crippen molar-refractivity contribution in [3.8, 4) is 0 Å². The summed E-state index contributed by atoms with van der Waals surface area (Å²) in [7, 11) is 0. The minimum Gasteiger partial charge on any atom is -0.232 e. The second kappa shape index (κ2) is 12.7. The molecule has 0 bridgehead atoms. The SMILES string of the molecule is CCC/C=C/C(C)(C)[N]CCCCCCCCCC. The third-order valence-electron chi connectivity index (χ3n) is 3.51. The zero-order valence-corrected chi connectivity index (χ0v) is 13.9. The average Bonchev–Trinajstić information content (AvgIpc) is 2.37. The highest BCUT2D eigenvalue weighted by Crippen LogP contribution is 2.10. The van der Waals surface area contributed by atoms with Crippen LogP contribution < -0.4 is 5.32 Å². The molecular weight excluding hydrogens is 230 g/mol. The van der Waals surface area contributed by atoms with Gasteiger partial charge in [0.25, 0.3) is 0 Å². The van der Waals surface area contributed by atoms with Gasteiger partial charge in [-0.1, -0.05) is 77.4 Å². The molecule has 0 N–H and O–H groups in total. The zero-order chi connectivity index (χ0) is 14.4. The van der Waals surface area contributed by atoms with Gasteiger partial charge >= 0.3 is 0 Å². The van der Waals surface area contributed by atoms with E-state index in [-0.39, 0.29) is 5.54 Å². The van der Waals surface area contributed by atoms with Gasteiger partial charge in [0.05, 0.1) is 0 Å². The van der Waals surface area contributed by atoms with Crippen molar-refractivity contribution in [1.82, 2.24) is 5.32 Å². The Kier molecular flexibility index (Phi) is 12.5. The van der Waals surface area contributed by atoms with E-state index in [1.165, 1.54) is 64.2 Å². The van der Waals surface area contributed by atoms with Gasteiger partial charge in [0.2, 0.25) is 0 Å². The third kappa shape index (κ3) is 13.9. The topological polar surface area (TPSA) is 14.1 Å². The van der Waals surface area contributed by atoms with Gasteiger partial charge < -0.3 is 0 Å². The highest BCUT2D eigenvalue weighted by Gasteiger charge is 2.12. The van der Waals surface area contributed by atoms with Gasteiger partial charge in [-0.05, 0) is 26.7 Å². The number of hydrogen-bond acceptors (Lipinski definition) is 0. The summed E-state index contributed by atoms with van der Waals surface area (Å²) >= 11 is 0. The molecule has 0 aliphatic carbocycles. The van der Waals surface area contributed by atoms with E-state index in [9.17, 15) is 0 Å². The van der Waals surface area contributed by atoms with Crippen molar-refractivity contribution in [2.45, 2.75) is 97.4 Å². The van der Waals surface area contributed by atoms with Gasteiger partial charge in [0.15, 0.2) is 0 Å². The van der Waals surface area contributed by atoms with Gasteiger partial charge in [-0.3, -0.25) is 0 Å². The Morgan fingerprint density at radius 3 is 1.95 bits per heavy atom. The second-order valence-electron chi connectivity index (χ2n) is 6.20. The van der Waals surface area contributed by atoms with Gasteiger partial charge in [-0.25, -0.2) is 5.32 Å². The fourth-order valence-corrected chi connectivity index (χ4v) is 2.20. The molecule has 19 heavy (non-hydrogen) atoms. The smallest absolute Gasteiger partial charge is 0.0479 e. The van der Waals surface area contributed by atoms with Crippen LogP contribution in [-0.2, 0) is 0 Å². The lowest BCUT2D eigenvalue weighted by Gasteiger charge is -2.20. The van der Waals surface area contributed by atoms with Crippen LogP contribution in [0, 0.1) is 0 Å². The highest BCUT2D eigenvalue weighted by molar-refractivity contribution is 5.00. The molecular formula is C18H36N. The standard InChI is InChI=1S/C18H36N/c1-5-7-9-10-11-12-13-15-17-19-18(3,4)16-14-8-6-2/h14,16H,5-13,15,17H2,1-4H3/b16-14+. The number of unbranched alkanes of at least 4 members (excludes halogenated alkanes) is 8. The van der Waals surface area contributed by atoms with Crippen molar-refractivity contribution in [1.29, 1.82) is 0 Å². The van der Waals surface area contributed by atoms with Crippen molar-refractivity contribution >= 4 is 0 Å². The molecule has 0 aromatic heterocycles. The van der Waals surface area contributed by atoms with Crippen LogP contribution in [0.3, 0.4) is 0 Å². The molecule has 0 aliphatic rings. The fourth-order valence-electron chi connectivity index (χ4n) is 2.20. The Hall–Kier alpha value is -0.300. The van der Waals surface area contributed by atoms with E-state index in [0.717, 1.165) is 6.54 Å². The molecule has 1 heteroatoms. The zero-order valence-electron chi connectivity index (χ0n) is 13.9. The molecule has 0 saturated heterocycles. The molecule has 0 heterocycles. The number of hydrogen-bond donors (Lipinski definition) is 0. The highest BCUT2D eigenvalue weighted by atomic mass is 14.9. The van der Waals surface area contributed by atoms with Crippen molar-refractivity contribution in [3.63, 3.8) is 0 Å². The van der Waals surface area contributed by atoms with Crippen molar-refractivity contribution in [3.05, 3.63) is 12.2 Å². The first-order valence-electron chi connectivity index (χ1n) is 8.48. The summed E-state index contributed by atoms with van der Waals surface area (Å²) in [5.74, 6) is 0. The average molecular weight is 266 g/mol. The fraction of sp³-hybridized carbons (Fsp3) is 0.889. The minimum absolute atomic E-state index is 0.0380. The Morgan fingerprint density at radius 1 is 0.789 bits per heavy atom. The first-order valence-corrected chi connectivity index (χ1v) is 8.48. The van der Waals surface area contributed by atoms with E-state index in [0.29, 0.717) is 0 Å². The van der Waals surface area contributed by atoms with Crippen LogP contribution in [0.25, 0.3) is 0 Å². The first kappa shape index (κ1) is 18.7. The van der Waals surface area contributed by atoms with Gasteiger partial charge in [-0.2, -0.15) is 0 Å². The maximum absolute atomic E-state index is 4.79. The second-order valence-corrected chi connectivity index (χ2v) is 6.20. The summed E-state index contributed by atoms with van der Waals surface area (Å²) in [5, 5.41) is 4.79. The van der Waals surface area contributed by atoms with Crippen LogP contribution >= 0.6 is 0 Å². The maximum Gasteiger partial charge on any atom is 0.0479 e. The molecule has 0 rings (SSSR count). The number of allylic oxidation sites excluding steroid dienone is 1. The van der Waals surface area contributed by atoms with Gasteiger partial charge in [0.1, 0.15) is 0 Å². The van der Waals surface area contributed by atoms with Crippen LogP contribution in [0.15, 0.2) is 12.2 Å². The lowest BCUT2D eigenvalue weighted by Crippen LogP contribution is -2.31. The normalized spacial score (nSPS) is 12.4. The van der Waals surface area contributed by atoms with E-state index in [1.54, 1.807) is 0 Å². The molecule has 1 nitrogen and oxygen atoms in total. The Morgan fingerprint density at radius 2 is 1.37 bits per heavy atom. The van der Waals surface area contributed by atoms with E-state index in [1.807, 2.05) is 0 Å². The summed E-state index contributed by atoms with van der Waals surface area (Å²) in [4.78, 5) is 0. The molecule has 0 spiro atoms. The molecule has 0 aromatic rings. The van der Waals surface area contributed by atoms with Crippen LogP contribution in [0.2, 0.25) is 0 Å². The molecule has 0 saturated carbocycles. The maximum atomic E-state index is 4.79. The third-order valence-corrected chi connectivity index (χ3v) is 3.51. The predicted octanol–water partition coefficient (Wildman–Crippen LogP) is 5.87. The number of rotatable bonds is 13. The molecule has 0 aromatic carbocycles. The molecule has 113 valence electrons. The van der Waals surface area contributed by atoms with Crippen LogP contribution in [-0.4, -0.2) is 12.1 Å². The summed E-state index contributed by atoms with van der Waals surface area (Å²) in [6.45, 7) is 9.94. The lowest BCUT2D eigenvalue weighted by atomic mass is 10.0. The predicted molar refractivity (Wildman–Crippen MR) is 87.7 cm³/mol. The molecule has 0 aliphatic heterocycles.